The Kier molecular flexibility index (Phi) is 6.52. The predicted molar refractivity (Wildman–Crippen MR) is 117 cm³/mol. The van der Waals surface area contributed by atoms with E-state index in [0.717, 1.165) is 0 Å². The van der Waals surface area contributed by atoms with Gasteiger partial charge in [0.05, 0.1) is 11.8 Å². The number of halogens is 1. The maximum absolute atomic E-state index is 12.4. The molecule has 1 amide bonds. The fraction of sp³-hybridized carbons (Fsp3) is 0.0870. The van der Waals surface area contributed by atoms with Crippen molar-refractivity contribution in [3.05, 3.63) is 82.9 Å². The minimum Gasteiger partial charge on any atom is -0.484 e. The molecule has 0 bridgehead atoms. The first-order chi connectivity index (χ1) is 15.6. The van der Waals surface area contributed by atoms with Crippen molar-refractivity contribution in [2.24, 2.45) is 5.10 Å². The Balaban J connectivity index is 1.30. The summed E-state index contributed by atoms with van der Waals surface area (Å²) >= 11 is 5.87. The lowest BCUT2D eigenvalue weighted by atomic mass is 10.2. The Bertz CT molecular complexity index is 1180. The molecule has 0 radical (unpaired) electrons. The van der Waals surface area contributed by atoms with Gasteiger partial charge in [-0.25, -0.2) is 10.2 Å². The Hall–Kier alpha value is -4.04. The van der Waals surface area contributed by atoms with Crippen LogP contribution in [-0.2, 0) is 4.79 Å². The molecule has 3 aromatic rings. The van der Waals surface area contributed by atoms with Crippen molar-refractivity contribution < 1.29 is 28.5 Å². The molecule has 0 atom stereocenters. The molecule has 1 aliphatic rings. The third kappa shape index (κ3) is 5.55. The molecule has 1 aliphatic heterocycles. The molecule has 32 heavy (non-hydrogen) atoms. The number of carbonyl (C=O) groups is 2. The number of nitrogens with zero attached hydrogens (tertiary/aromatic N) is 1. The van der Waals surface area contributed by atoms with Crippen molar-refractivity contribution in [3.63, 3.8) is 0 Å². The van der Waals surface area contributed by atoms with Crippen LogP contribution in [0.2, 0.25) is 5.02 Å². The van der Waals surface area contributed by atoms with Gasteiger partial charge >= 0.3 is 5.97 Å². The Morgan fingerprint density at radius 1 is 1.00 bits per heavy atom. The lowest BCUT2D eigenvalue weighted by Gasteiger charge is -2.06. The molecule has 0 unspecified atom stereocenters. The molecule has 8 nitrogen and oxygen atoms in total. The topological polar surface area (TPSA) is 95.5 Å². The van der Waals surface area contributed by atoms with E-state index in [2.05, 4.69) is 10.5 Å². The van der Waals surface area contributed by atoms with Crippen LogP contribution in [0.4, 0.5) is 0 Å². The number of rotatable bonds is 7. The summed E-state index contributed by atoms with van der Waals surface area (Å²) in [5.41, 5.74) is 3.32. The van der Waals surface area contributed by atoms with E-state index in [-0.39, 0.29) is 13.4 Å². The molecule has 3 aromatic carbocycles. The van der Waals surface area contributed by atoms with Gasteiger partial charge in [0.15, 0.2) is 18.1 Å². The van der Waals surface area contributed by atoms with Crippen LogP contribution in [-0.4, -0.2) is 31.5 Å². The van der Waals surface area contributed by atoms with E-state index in [1.165, 1.54) is 6.21 Å². The number of benzene rings is 3. The molecular formula is C23H17ClN2O6. The SMILES string of the molecule is O=C(COc1cccc(Cl)c1)NN=Cc1cccc(OC(=O)c2ccc3c(c2)OCO3)c1. The number of amides is 1. The van der Waals surface area contributed by atoms with E-state index < -0.39 is 11.9 Å². The number of hydrogen-bond acceptors (Lipinski definition) is 7. The Morgan fingerprint density at radius 2 is 1.81 bits per heavy atom. The van der Waals surface area contributed by atoms with E-state index in [4.69, 9.17) is 30.5 Å². The van der Waals surface area contributed by atoms with Crippen molar-refractivity contribution in [2.45, 2.75) is 0 Å². The quantitative estimate of drug-likeness (QED) is 0.253. The number of carbonyl (C=O) groups excluding carboxylic acids is 2. The summed E-state index contributed by atoms with van der Waals surface area (Å²) < 4.78 is 21.3. The summed E-state index contributed by atoms with van der Waals surface area (Å²) in [6.45, 7) is -0.0939. The van der Waals surface area contributed by atoms with Gasteiger partial charge in [0.1, 0.15) is 11.5 Å². The summed E-state index contributed by atoms with van der Waals surface area (Å²) in [5.74, 6) is 0.909. The second kappa shape index (κ2) is 9.84. The first-order valence-electron chi connectivity index (χ1n) is 9.49. The first kappa shape index (κ1) is 21.2. The largest absolute Gasteiger partial charge is 0.484 e. The van der Waals surface area contributed by atoms with Crippen molar-refractivity contribution in [3.8, 4) is 23.0 Å². The molecule has 0 aliphatic carbocycles. The van der Waals surface area contributed by atoms with Crippen molar-refractivity contribution in [2.75, 3.05) is 13.4 Å². The molecule has 0 spiro atoms. The zero-order chi connectivity index (χ0) is 22.3. The van der Waals surface area contributed by atoms with E-state index in [0.29, 0.717) is 39.1 Å². The van der Waals surface area contributed by atoms with Crippen LogP contribution in [0.5, 0.6) is 23.0 Å². The molecule has 0 aromatic heterocycles. The number of fused-ring (bicyclic) bond motifs is 1. The van der Waals surface area contributed by atoms with Gasteiger partial charge in [-0.2, -0.15) is 5.10 Å². The van der Waals surface area contributed by atoms with Gasteiger partial charge in [0.25, 0.3) is 5.91 Å². The van der Waals surface area contributed by atoms with Crippen LogP contribution in [0.1, 0.15) is 15.9 Å². The van der Waals surface area contributed by atoms with Gasteiger partial charge in [-0.05, 0) is 54.1 Å². The molecule has 162 valence electrons. The van der Waals surface area contributed by atoms with Gasteiger partial charge in [-0.15, -0.1) is 0 Å². The molecule has 9 heteroatoms. The standard InChI is InChI=1S/C23H17ClN2O6/c24-17-4-2-5-18(11-17)29-13-22(27)26-25-12-15-3-1-6-19(9-15)32-23(28)16-7-8-20-21(10-16)31-14-30-20/h1-12H,13-14H2,(H,26,27). The third-order valence-electron chi connectivity index (χ3n) is 4.25. The smallest absolute Gasteiger partial charge is 0.343 e. The van der Waals surface area contributed by atoms with Gasteiger partial charge in [0, 0.05) is 5.02 Å². The number of hydrogen-bond donors (Lipinski definition) is 1. The van der Waals surface area contributed by atoms with Gasteiger partial charge in [-0.1, -0.05) is 29.8 Å². The second-order valence-corrected chi connectivity index (χ2v) is 7.01. The number of nitrogens with one attached hydrogen (secondary N) is 1. The summed E-state index contributed by atoms with van der Waals surface area (Å²) in [4.78, 5) is 24.3. The van der Waals surface area contributed by atoms with Crippen LogP contribution in [0.15, 0.2) is 71.8 Å². The zero-order valence-electron chi connectivity index (χ0n) is 16.6. The van der Waals surface area contributed by atoms with Crippen molar-refractivity contribution in [1.82, 2.24) is 5.43 Å². The number of hydrazone groups is 1. The maximum atomic E-state index is 12.4. The lowest BCUT2D eigenvalue weighted by molar-refractivity contribution is -0.123. The average molecular weight is 453 g/mol. The third-order valence-corrected chi connectivity index (χ3v) is 4.48. The zero-order valence-corrected chi connectivity index (χ0v) is 17.4. The van der Waals surface area contributed by atoms with Crippen LogP contribution in [0, 0.1) is 0 Å². The van der Waals surface area contributed by atoms with Crippen molar-refractivity contribution >= 4 is 29.7 Å². The molecular weight excluding hydrogens is 436 g/mol. The first-order valence-corrected chi connectivity index (χ1v) is 9.87. The summed E-state index contributed by atoms with van der Waals surface area (Å²) in [6, 6.07) is 18.2. The Morgan fingerprint density at radius 3 is 2.69 bits per heavy atom. The maximum Gasteiger partial charge on any atom is 0.343 e. The van der Waals surface area contributed by atoms with Crippen LogP contribution >= 0.6 is 11.6 Å². The normalized spacial score (nSPS) is 11.9. The molecule has 0 saturated carbocycles. The van der Waals surface area contributed by atoms with Gasteiger partial charge < -0.3 is 18.9 Å². The minimum absolute atomic E-state index is 0.123. The fourth-order valence-electron chi connectivity index (χ4n) is 2.76. The van der Waals surface area contributed by atoms with Crippen LogP contribution in [0.25, 0.3) is 0 Å². The molecule has 0 fully saturated rings. The molecule has 0 saturated heterocycles. The van der Waals surface area contributed by atoms with Crippen LogP contribution < -0.4 is 24.4 Å². The second-order valence-electron chi connectivity index (χ2n) is 6.57. The molecule has 4 rings (SSSR count). The van der Waals surface area contributed by atoms with Gasteiger partial charge in [-0.3, -0.25) is 4.79 Å². The summed E-state index contributed by atoms with van der Waals surface area (Å²) in [7, 11) is 0. The van der Waals surface area contributed by atoms with E-state index in [1.807, 2.05) is 0 Å². The van der Waals surface area contributed by atoms with E-state index >= 15 is 0 Å². The monoisotopic (exact) mass is 452 g/mol. The lowest BCUT2D eigenvalue weighted by Crippen LogP contribution is -2.24. The van der Waals surface area contributed by atoms with Gasteiger partial charge in [0.2, 0.25) is 6.79 Å². The number of ether oxygens (including phenoxy) is 4. The van der Waals surface area contributed by atoms with E-state index in [1.54, 1.807) is 66.7 Å². The van der Waals surface area contributed by atoms with Crippen molar-refractivity contribution in [1.29, 1.82) is 0 Å². The highest BCUT2D eigenvalue weighted by atomic mass is 35.5. The molecule has 1 N–H and O–H groups in total. The average Bonchev–Trinajstić information content (AvgIpc) is 3.26. The highest BCUT2D eigenvalue weighted by Crippen LogP contribution is 2.32. The number of esters is 1. The van der Waals surface area contributed by atoms with E-state index in [9.17, 15) is 9.59 Å². The summed E-state index contributed by atoms with van der Waals surface area (Å²) in [5, 5.41) is 4.40. The molecule has 1 heterocycles. The highest BCUT2D eigenvalue weighted by Gasteiger charge is 2.17. The highest BCUT2D eigenvalue weighted by molar-refractivity contribution is 6.30. The predicted octanol–water partition coefficient (Wildman–Crippen LogP) is 3.82. The Labute approximate surface area is 188 Å². The van der Waals surface area contributed by atoms with Crippen LogP contribution in [0.3, 0.4) is 0 Å². The summed E-state index contributed by atoms with van der Waals surface area (Å²) in [6.07, 6.45) is 1.43. The minimum atomic E-state index is -0.538. The fourth-order valence-corrected chi connectivity index (χ4v) is 2.94.